The van der Waals surface area contributed by atoms with Crippen LogP contribution in [0.25, 0.3) is 21.3 Å². The fourth-order valence-corrected chi connectivity index (χ4v) is 6.80. The van der Waals surface area contributed by atoms with Crippen molar-refractivity contribution >= 4 is 38.5 Å². The third-order valence-corrected chi connectivity index (χ3v) is 8.38. The molecule has 0 spiro atoms. The lowest BCUT2D eigenvalue weighted by atomic mass is 9.80. The van der Waals surface area contributed by atoms with Crippen molar-refractivity contribution < 1.29 is 4.79 Å². The predicted molar refractivity (Wildman–Crippen MR) is 129 cm³/mol. The monoisotopic (exact) mass is 444 g/mol. The molecule has 4 aromatic rings. The van der Waals surface area contributed by atoms with E-state index < -0.39 is 0 Å². The standard InChI is InChI=1S/C26H28N4OS/c31-25(26(13-5-6-14-26)16-23-27-21-11-3-4-12-22(21)32-23)30-15-7-8-18(17-30)24-28-19-9-1-2-10-20(19)29-24/h1-4,9-12,18H,5-8,13-17H2,(H,28,29). The molecule has 164 valence electrons. The van der Waals surface area contributed by atoms with Gasteiger partial charge in [-0.05, 0) is 49.9 Å². The highest BCUT2D eigenvalue weighted by Crippen LogP contribution is 2.44. The van der Waals surface area contributed by atoms with Crippen molar-refractivity contribution in [3.8, 4) is 0 Å². The van der Waals surface area contributed by atoms with E-state index in [1.807, 2.05) is 24.3 Å². The smallest absolute Gasteiger partial charge is 0.229 e. The second-order valence-corrected chi connectivity index (χ2v) is 10.6. The van der Waals surface area contributed by atoms with Gasteiger partial charge in [-0.1, -0.05) is 37.1 Å². The zero-order valence-corrected chi connectivity index (χ0v) is 19.0. The lowest BCUT2D eigenvalue weighted by Crippen LogP contribution is -2.47. The number of imidazole rings is 1. The molecule has 2 aromatic heterocycles. The number of likely N-dealkylation sites (tertiary alicyclic amines) is 1. The Balaban J connectivity index is 1.24. The molecule has 2 aromatic carbocycles. The van der Waals surface area contributed by atoms with Crippen LogP contribution in [0.1, 0.15) is 55.3 Å². The Kier molecular flexibility index (Phi) is 4.98. The van der Waals surface area contributed by atoms with E-state index in [4.69, 9.17) is 9.97 Å². The molecule has 1 saturated carbocycles. The zero-order chi connectivity index (χ0) is 21.5. The van der Waals surface area contributed by atoms with E-state index in [-0.39, 0.29) is 11.3 Å². The van der Waals surface area contributed by atoms with Crippen LogP contribution in [0.15, 0.2) is 48.5 Å². The normalized spacial score (nSPS) is 20.9. The second-order valence-electron chi connectivity index (χ2n) is 9.47. The molecule has 1 atom stereocenters. The quantitative estimate of drug-likeness (QED) is 0.440. The molecule has 32 heavy (non-hydrogen) atoms. The van der Waals surface area contributed by atoms with Crippen molar-refractivity contribution in [3.63, 3.8) is 0 Å². The molecule has 3 heterocycles. The van der Waals surface area contributed by atoms with E-state index in [2.05, 4.69) is 34.1 Å². The number of carbonyl (C=O) groups excluding carboxylic acids is 1. The topological polar surface area (TPSA) is 61.9 Å². The van der Waals surface area contributed by atoms with Crippen LogP contribution in [0, 0.1) is 5.41 Å². The number of piperidine rings is 1. The molecule has 1 amide bonds. The Hall–Kier alpha value is -2.73. The number of aromatic nitrogens is 3. The van der Waals surface area contributed by atoms with Gasteiger partial charge in [0.2, 0.25) is 5.91 Å². The van der Waals surface area contributed by atoms with E-state index >= 15 is 0 Å². The van der Waals surface area contributed by atoms with Crippen LogP contribution in [0.2, 0.25) is 0 Å². The van der Waals surface area contributed by atoms with Crippen molar-refractivity contribution in [1.82, 2.24) is 19.9 Å². The summed E-state index contributed by atoms with van der Waals surface area (Å²) in [7, 11) is 0. The molecular weight excluding hydrogens is 416 g/mol. The number of rotatable bonds is 4. The van der Waals surface area contributed by atoms with E-state index in [1.54, 1.807) is 11.3 Å². The maximum absolute atomic E-state index is 14.0. The fourth-order valence-electron chi connectivity index (χ4n) is 5.69. The number of para-hydroxylation sites is 3. The van der Waals surface area contributed by atoms with Gasteiger partial charge >= 0.3 is 0 Å². The van der Waals surface area contributed by atoms with E-state index in [1.165, 1.54) is 4.70 Å². The van der Waals surface area contributed by atoms with Crippen LogP contribution < -0.4 is 0 Å². The first kappa shape index (κ1) is 19.9. The molecular formula is C26H28N4OS. The molecule has 1 aliphatic heterocycles. The summed E-state index contributed by atoms with van der Waals surface area (Å²) >= 11 is 1.75. The minimum Gasteiger partial charge on any atom is -0.342 e. The van der Waals surface area contributed by atoms with Gasteiger partial charge < -0.3 is 9.88 Å². The fraction of sp³-hybridized carbons (Fsp3) is 0.423. The molecule has 0 radical (unpaired) electrons. The number of nitrogens with zero attached hydrogens (tertiary/aromatic N) is 3. The summed E-state index contributed by atoms with van der Waals surface area (Å²) in [5.74, 6) is 1.64. The van der Waals surface area contributed by atoms with Gasteiger partial charge in [-0.25, -0.2) is 9.97 Å². The maximum atomic E-state index is 14.0. The van der Waals surface area contributed by atoms with Crippen LogP contribution >= 0.6 is 11.3 Å². The van der Waals surface area contributed by atoms with Gasteiger partial charge in [0.1, 0.15) is 5.82 Å². The molecule has 1 saturated heterocycles. The lowest BCUT2D eigenvalue weighted by molar-refractivity contribution is -0.143. The molecule has 6 rings (SSSR count). The zero-order valence-electron chi connectivity index (χ0n) is 18.2. The number of benzene rings is 2. The van der Waals surface area contributed by atoms with E-state index in [0.717, 1.165) is 85.4 Å². The summed E-state index contributed by atoms with van der Waals surface area (Å²) in [5.41, 5.74) is 2.85. The Morgan fingerprint density at radius 2 is 1.81 bits per heavy atom. The van der Waals surface area contributed by atoms with Gasteiger partial charge in [-0.3, -0.25) is 4.79 Å². The number of fused-ring (bicyclic) bond motifs is 2. The molecule has 1 aliphatic carbocycles. The number of H-pyrrole nitrogens is 1. The molecule has 6 heteroatoms. The molecule has 0 bridgehead atoms. The molecule has 2 aliphatic rings. The van der Waals surface area contributed by atoms with Crippen LogP contribution in [0.3, 0.4) is 0 Å². The average molecular weight is 445 g/mol. The van der Waals surface area contributed by atoms with E-state index in [9.17, 15) is 4.79 Å². The highest BCUT2D eigenvalue weighted by molar-refractivity contribution is 7.18. The van der Waals surface area contributed by atoms with Crippen molar-refractivity contribution in [2.45, 2.75) is 50.9 Å². The summed E-state index contributed by atoms with van der Waals surface area (Å²) < 4.78 is 1.21. The summed E-state index contributed by atoms with van der Waals surface area (Å²) in [4.78, 5) is 29.3. The van der Waals surface area contributed by atoms with Gasteiger partial charge in [-0.2, -0.15) is 0 Å². The number of carbonyl (C=O) groups is 1. The Morgan fingerprint density at radius 1 is 1.03 bits per heavy atom. The SMILES string of the molecule is O=C(N1CCCC(c2nc3ccccc3[nH]2)C1)C1(Cc2nc3ccccc3s2)CCCC1. The van der Waals surface area contributed by atoms with Crippen molar-refractivity contribution in [2.75, 3.05) is 13.1 Å². The van der Waals surface area contributed by atoms with Crippen LogP contribution in [0.4, 0.5) is 0 Å². The molecule has 2 fully saturated rings. The molecule has 1 unspecified atom stereocenters. The number of nitrogens with one attached hydrogen (secondary N) is 1. The van der Waals surface area contributed by atoms with Crippen LogP contribution in [-0.2, 0) is 11.2 Å². The maximum Gasteiger partial charge on any atom is 0.229 e. The van der Waals surface area contributed by atoms with Gasteiger partial charge in [0, 0.05) is 25.4 Å². The Bertz CT molecular complexity index is 1200. The minimum atomic E-state index is -0.288. The summed E-state index contributed by atoms with van der Waals surface area (Å²) in [5, 5.41) is 1.10. The second kappa shape index (κ2) is 8.00. The van der Waals surface area contributed by atoms with Crippen molar-refractivity contribution in [2.24, 2.45) is 5.41 Å². The first-order valence-corrected chi connectivity index (χ1v) is 12.6. The highest BCUT2D eigenvalue weighted by atomic mass is 32.1. The van der Waals surface area contributed by atoms with Crippen LogP contribution in [0.5, 0.6) is 0 Å². The summed E-state index contributed by atoms with van der Waals surface area (Å²) in [6, 6.07) is 16.5. The Labute approximate surface area is 191 Å². The third-order valence-electron chi connectivity index (χ3n) is 7.35. The average Bonchev–Trinajstić information content (AvgIpc) is 3.56. The van der Waals surface area contributed by atoms with Crippen molar-refractivity contribution in [1.29, 1.82) is 0 Å². The highest BCUT2D eigenvalue weighted by Gasteiger charge is 2.45. The number of hydrogen-bond acceptors (Lipinski definition) is 4. The number of aromatic amines is 1. The van der Waals surface area contributed by atoms with Gasteiger partial charge in [-0.15, -0.1) is 11.3 Å². The lowest BCUT2D eigenvalue weighted by Gasteiger charge is -2.38. The summed E-state index contributed by atoms with van der Waals surface area (Å²) in [6.07, 6.45) is 7.12. The van der Waals surface area contributed by atoms with Gasteiger partial charge in [0.05, 0.1) is 31.7 Å². The molecule has 1 N–H and O–H groups in total. The van der Waals surface area contributed by atoms with Crippen LogP contribution in [-0.4, -0.2) is 38.8 Å². The van der Waals surface area contributed by atoms with Crippen molar-refractivity contribution in [3.05, 3.63) is 59.4 Å². The molecule has 5 nitrogen and oxygen atoms in total. The number of amides is 1. The van der Waals surface area contributed by atoms with E-state index in [0.29, 0.717) is 5.91 Å². The van der Waals surface area contributed by atoms with Gasteiger partial charge in [0.15, 0.2) is 0 Å². The number of hydrogen-bond donors (Lipinski definition) is 1. The summed E-state index contributed by atoms with van der Waals surface area (Å²) in [6.45, 7) is 1.62. The largest absolute Gasteiger partial charge is 0.342 e. The third kappa shape index (κ3) is 3.51. The first-order chi connectivity index (χ1) is 15.7. The first-order valence-electron chi connectivity index (χ1n) is 11.8. The van der Waals surface area contributed by atoms with Gasteiger partial charge in [0.25, 0.3) is 0 Å². The minimum absolute atomic E-state index is 0.279. The Morgan fingerprint density at radius 3 is 2.62 bits per heavy atom. The predicted octanol–water partition coefficient (Wildman–Crippen LogP) is 5.68. The number of thiazole rings is 1.